The van der Waals surface area contributed by atoms with Crippen LogP contribution in [0, 0.1) is 52.3 Å². The minimum atomic E-state index is -0.110. The molecule has 4 rings (SSSR count). The highest BCUT2D eigenvalue weighted by molar-refractivity contribution is 5.09. The van der Waals surface area contributed by atoms with E-state index in [1.165, 1.54) is 64.2 Å². The quantitative estimate of drug-likeness (QED) is 0.481. The van der Waals surface area contributed by atoms with Gasteiger partial charge in [0.1, 0.15) is 0 Å². The first kappa shape index (κ1) is 19.3. The summed E-state index contributed by atoms with van der Waals surface area (Å²) in [5, 5.41) is 0. The molecule has 0 aliphatic heterocycles. The van der Waals surface area contributed by atoms with Crippen molar-refractivity contribution in [3.8, 4) is 0 Å². The predicted octanol–water partition coefficient (Wildman–Crippen LogP) is 7.67. The van der Waals surface area contributed by atoms with Crippen molar-refractivity contribution >= 4 is 0 Å². The molecule has 0 radical (unpaired) electrons. The third-order valence-electron chi connectivity index (χ3n) is 10.8. The summed E-state index contributed by atoms with van der Waals surface area (Å²) in [7, 11) is 0. The van der Waals surface area contributed by atoms with Crippen LogP contribution in [0.15, 0.2) is 0 Å². The molecule has 0 aromatic rings. The molecule has 0 saturated heterocycles. The summed E-state index contributed by atoms with van der Waals surface area (Å²) >= 11 is 0. The van der Waals surface area contributed by atoms with Crippen LogP contribution in [-0.4, -0.2) is 6.67 Å². The van der Waals surface area contributed by atoms with Crippen molar-refractivity contribution in [1.82, 2.24) is 0 Å². The van der Waals surface area contributed by atoms with Gasteiger partial charge in [0.2, 0.25) is 0 Å². The van der Waals surface area contributed by atoms with Gasteiger partial charge in [-0.1, -0.05) is 47.0 Å². The number of rotatable bonds is 4. The normalized spacial score (nSPS) is 50.4. The highest BCUT2D eigenvalue weighted by atomic mass is 19.1. The van der Waals surface area contributed by atoms with Gasteiger partial charge in [0, 0.05) is 0 Å². The summed E-state index contributed by atoms with van der Waals surface area (Å²) < 4.78 is 13.6. The number of fused-ring (bicyclic) bond motifs is 5. The fraction of sp³-hybridized carbons (Fsp3) is 1.00. The van der Waals surface area contributed by atoms with Gasteiger partial charge in [-0.15, -0.1) is 0 Å². The molecule has 9 atom stereocenters. The third-order valence-corrected chi connectivity index (χ3v) is 10.8. The monoisotopic (exact) mass is 362 g/mol. The van der Waals surface area contributed by atoms with E-state index in [1.54, 1.807) is 0 Å². The van der Waals surface area contributed by atoms with Gasteiger partial charge >= 0.3 is 0 Å². The van der Waals surface area contributed by atoms with Crippen molar-refractivity contribution in [3.63, 3.8) is 0 Å². The minimum Gasteiger partial charge on any atom is -0.251 e. The zero-order chi connectivity index (χ0) is 18.5. The standard InChI is InChI=1S/C25H43F/c1-5-18(16-26)17(2)21-11-12-22-20-10-9-19-8-6-7-14-24(19,3)23(20)13-15-25(21,22)4/h17-23H,5-16H2,1-4H3/t17-,18?,19?,20+,21-,22+,23+,24+,25-/m1/s1. The lowest BCUT2D eigenvalue weighted by molar-refractivity contribution is -0.116. The molecule has 4 aliphatic rings. The molecule has 150 valence electrons. The lowest BCUT2D eigenvalue weighted by Crippen LogP contribution is -2.53. The SMILES string of the molecule is CCC(CF)[C@@H](C)[C@H]1CC[C@H]2[C@@H]3CCC4CCCC[C@]4(C)[C@H]3CC[C@]12C. The summed E-state index contributed by atoms with van der Waals surface area (Å²) in [5.74, 6) is 5.57. The van der Waals surface area contributed by atoms with Crippen molar-refractivity contribution in [2.24, 2.45) is 52.3 Å². The number of hydrogen-bond acceptors (Lipinski definition) is 0. The van der Waals surface area contributed by atoms with Gasteiger partial charge < -0.3 is 0 Å². The zero-order valence-electron chi connectivity index (χ0n) is 17.9. The summed E-state index contributed by atoms with van der Waals surface area (Å²) in [6.07, 6.45) is 15.7. The van der Waals surface area contributed by atoms with Gasteiger partial charge in [-0.25, -0.2) is 0 Å². The van der Waals surface area contributed by atoms with Crippen LogP contribution in [-0.2, 0) is 0 Å². The highest BCUT2D eigenvalue weighted by Crippen LogP contribution is 2.68. The van der Waals surface area contributed by atoms with Crippen molar-refractivity contribution in [1.29, 1.82) is 0 Å². The fourth-order valence-corrected chi connectivity index (χ4v) is 9.15. The number of halogens is 1. The number of alkyl halides is 1. The second-order valence-electron chi connectivity index (χ2n) is 11.3. The van der Waals surface area contributed by atoms with E-state index in [4.69, 9.17) is 0 Å². The van der Waals surface area contributed by atoms with E-state index in [2.05, 4.69) is 27.7 Å². The molecule has 0 N–H and O–H groups in total. The molecule has 0 amide bonds. The first-order valence-electron chi connectivity index (χ1n) is 12.0. The van der Waals surface area contributed by atoms with E-state index < -0.39 is 0 Å². The van der Waals surface area contributed by atoms with Crippen LogP contribution in [0.25, 0.3) is 0 Å². The summed E-state index contributed by atoms with van der Waals surface area (Å²) in [4.78, 5) is 0. The second-order valence-corrected chi connectivity index (χ2v) is 11.3. The smallest absolute Gasteiger partial charge is 0.0925 e. The largest absolute Gasteiger partial charge is 0.251 e. The molecule has 0 aromatic carbocycles. The molecule has 4 aliphatic carbocycles. The molecule has 4 fully saturated rings. The van der Waals surface area contributed by atoms with Crippen molar-refractivity contribution in [2.45, 2.75) is 98.3 Å². The Morgan fingerprint density at radius 1 is 0.885 bits per heavy atom. The first-order chi connectivity index (χ1) is 12.5. The van der Waals surface area contributed by atoms with Crippen LogP contribution in [0.1, 0.15) is 98.3 Å². The Hall–Kier alpha value is -0.0700. The molecule has 1 heteroatoms. The van der Waals surface area contributed by atoms with Gasteiger partial charge in [-0.3, -0.25) is 4.39 Å². The average molecular weight is 363 g/mol. The number of hydrogen-bond donors (Lipinski definition) is 0. The molecule has 0 spiro atoms. The van der Waals surface area contributed by atoms with Gasteiger partial charge in [0.25, 0.3) is 0 Å². The van der Waals surface area contributed by atoms with Gasteiger partial charge in [0.05, 0.1) is 6.67 Å². The maximum Gasteiger partial charge on any atom is 0.0925 e. The van der Waals surface area contributed by atoms with Gasteiger partial charge in [-0.2, -0.15) is 0 Å². The summed E-state index contributed by atoms with van der Waals surface area (Å²) in [6.45, 7) is 9.78. The first-order valence-corrected chi connectivity index (χ1v) is 12.0. The van der Waals surface area contributed by atoms with Crippen LogP contribution in [0.2, 0.25) is 0 Å². The van der Waals surface area contributed by atoms with E-state index in [-0.39, 0.29) is 6.67 Å². The average Bonchev–Trinajstić information content (AvgIpc) is 2.99. The predicted molar refractivity (Wildman–Crippen MR) is 109 cm³/mol. The van der Waals surface area contributed by atoms with Crippen LogP contribution in [0.5, 0.6) is 0 Å². The van der Waals surface area contributed by atoms with Crippen molar-refractivity contribution < 1.29 is 4.39 Å². The van der Waals surface area contributed by atoms with E-state index in [9.17, 15) is 4.39 Å². The molecule has 4 saturated carbocycles. The Bertz CT molecular complexity index is 496. The molecule has 0 aromatic heterocycles. The second kappa shape index (κ2) is 7.07. The maximum absolute atomic E-state index is 13.6. The Morgan fingerprint density at radius 2 is 1.65 bits per heavy atom. The van der Waals surface area contributed by atoms with E-state index >= 15 is 0 Å². The molecular formula is C25H43F. The van der Waals surface area contributed by atoms with E-state index in [0.29, 0.717) is 22.7 Å². The maximum atomic E-state index is 13.6. The Morgan fingerprint density at radius 3 is 2.38 bits per heavy atom. The van der Waals surface area contributed by atoms with Crippen molar-refractivity contribution in [2.75, 3.05) is 6.67 Å². The van der Waals surface area contributed by atoms with Crippen LogP contribution >= 0.6 is 0 Å². The highest BCUT2D eigenvalue weighted by Gasteiger charge is 2.60. The lowest BCUT2D eigenvalue weighted by atomic mass is 9.44. The molecular weight excluding hydrogens is 319 g/mol. The minimum absolute atomic E-state index is 0.110. The third kappa shape index (κ3) is 2.73. The summed E-state index contributed by atoms with van der Waals surface area (Å²) in [5.41, 5.74) is 1.15. The molecule has 26 heavy (non-hydrogen) atoms. The van der Waals surface area contributed by atoms with Gasteiger partial charge in [0.15, 0.2) is 0 Å². The zero-order valence-corrected chi connectivity index (χ0v) is 17.9. The van der Waals surface area contributed by atoms with Gasteiger partial charge in [-0.05, 0) is 104 Å². The summed E-state index contributed by atoms with van der Waals surface area (Å²) in [6, 6.07) is 0. The molecule has 2 unspecified atom stereocenters. The molecule has 0 nitrogen and oxygen atoms in total. The van der Waals surface area contributed by atoms with E-state index in [1.807, 2.05) is 0 Å². The van der Waals surface area contributed by atoms with Crippen LogP contribution in [0.3, 0.4) is 0 Å². The Labute approximate surface area is 162 Å². The molecule has 0 bridgehead atoms. The fourth-order valence-electron chi connectivity index (χ4n) is 9.15. The van der Waals surface area contributed by atoms with Crippen molar-refractivity contribution in [3.05, 3.63) is 0 Å². The van der Waals surface area contributed by atoms with Crippen LogP contribution in [0.4, 0.5) is 4.39 Å². The topological polar surface area (TPSA) is 0 Å². The molecule has 0 heterocycles. The Balaban J connectivity index is 1.56. The van der Waals surface area contributed by atoms with Crippen LogP contribution < -0.4 is 0 Å². The Kier molecular flexibility index (Phi) is 5.24. The lowest BCUT2D eigenvalue weighted by Gasteiger charge is -2.61. The van der Waals surface area contributed by atoms with E-state index in [0.717, 1.165) is 36.0 Å².